The van der Waals surface area contributed by atoms with Crippen LogP contribution < -0.4 is 0 Å². The Morgan fingerprint density at radius 2 is 0.917 bits per heavy atom. The maximum atomic E-state index is 12.3. The zero-order chi connectivity index (χ0) is 18.5. The monoisotopic (exact) mass is 366 g/mol. The summed E-state index contributed by atoms with van der Waals surface area (Å²) < 4.78 is 23.2. The quantitative estimate of drug-likeness (QED) is 0.277. The van der Waals surface area contributed by atoms with Crippen molar-refractivity contribution in [3.05, 3.63) is 0 Å². The normalized spacial score (nSPS) is 13.0. The van der Waals surface area contributed by atoms with Crippen molar-refractivity contribution in [1.82, 2.24) is 0 Å². The van der Waals surface area contributed by atoms with E-state index in [1.807, 2.05) is 27.7 Å². The molecule has 0 unspecified atom stereocenters. The largest absolute Gasteiger partial charge is 0.365 e. The molecule has 0 rings (SSSR count). The van der Waals surface area contributed by atoms with Gasteiger partial charge in [0.15, 0.2) is 11.6 Å². The van der Waals surface area contributed by atoms with Gasteiger partial charge in [0.05, 0.1) is 0 Å². The Hall–Kier alpha value is 0.0700. The molecule has 0 aromatic heterocycles. The van der Waals surface area contributed by atoms with Gasteiger partial charge >= 0.3 is 8.25 Å². The van der Waals surface area contributed by atoms with Crippen LogP contribution in [0, 0.1) is 0 Å². The van der Waals surface area contributed by atoms with E-state index in [4.69, 9.17) is 9.05 Å². The molecule has 0 heterocycles. The zero-order valence-corrected chi connectivity index (χ0v) is 17.1. The zero-order valence-electron chi connectivity index (χ0n) is 16.1. The summed E-state index contributed by atoms with van der Waals surface area (Å²) in [6.07, 6.45) is 8.64. The van der Waals surface area contributed by atoms with Crippen molar-refractivity contribution in [1.29, 1.82) is 0 Å². The third-order valence-corrected chi connectivity index (χ3v) is 5.32. The maximum Gasteiger partial charge on any atom is 0.324 e. The van der Waals surface area contributed by atoms with Crippen LogP contribution in [0.3, 0.4) is 0 Å². The van der Waals surface area contributed by atoms with Gasteiger partial charge < -0.3 is 10.2 Å². The molecule has 0 saturated heterocycles. The van der Waals surface area contributed by atoms with E-state index < -0.39 is 19.8 Å². The summed E-state index contributed by atoms with van der Waals surface area (Å²) in [5.74, 6) is -2.84. The van der Waals surface area contributed by atoms with Crippen molar-refractivity contribution in [2.75, 3.05) is 0 Å². The van der Waals surface area contributed by atoms with Gasteiger partial charge in [0, 0.05) is 25.7 Å². The molecule has 5 nitrogen and oxygen atoms in total. The molecule has 0 fully saturated rings. The summed E-state index contributed by atoms with van der Waals surface area (Å²) in [6, 6.07) is 0. The highest BCUT2D eigenvalue weighted by Gasteiger charge is 2.34. The first kappa shape index (κ1) is 24.1. The average Bonchev–Trinajstić information content (AvgIpc) is 2.54. The maximum absolute atomic E-state index is 12.3. The van der Waals surface area contributed by atoms with Gasteiger partial charge in [-0.25, -0.2) is 0 Å². The molecule has 24 heavy (non-hydrogen) atoms. The van der Waals surface area contributed by atoms with Gasteiger partial charge in [-0.1, -0.05) is 53.4 Å². The lowest BCUT2D eigenvalue weighted by Crippen LogP contribution is -2.33. The van der Waals surface area contributed by atoms with E-state index in [-0.39, 0.29) is 0 Å². The topological polar surface area (TPSA) is 76.0 Å². The molecule has 0 amide bonds. The predicted octanol–water partition coefficient (Wildman–Crippen LogP) is 5.55. The summed E-state index contributed by atoms with van der Waals surface area (Å²) in [7, 11) is -2.97. The van der Waals surface area contributed by atoms with Crippen LogP contribution in [0.5, 0.6) is 0 Å². The Morgan fingerprint density at radius 1 is 0.667 bits per heavy atom. The van der Waals surface area contributed by atoms with Crippen molar-refractivity contribution >= 4 is 8.25 Å². The first-order valence-corrected chi connectivity index (χ1v) is 10.9. The molecule has 0 aliphatic carbocycles. The summed E-state index contributed by atoms with van der Waals surface area (Å²) in [5.41, 5.74) is 0. The third-order valence-electron chi connectivity index (χ3n) is 4.23. The summed E-state index contributed by atoms with van der Waals surface area (Å²) >= 11 is 0. The second kappa shape index (κ2) is 13.3. The molecule has 0 aromatic rings. The molecule has 6 heteroatoms. The van der Waals surface area contributed by atoms with E-state index in [0.29, 0.717) is 25.7 Å². The number of hydrogen-bond donors (Lipinski definition) is 2. The highest BCUT2D eigenvalue weighted by Crippen LogP contribution is 2.41. The van der Waals surface area contributed by atoms with Crippen molar-refractivity contribution < 1.29 is 23.8 Å². The molecule has 146 valence electrons. The van der Waals surface area contributed by atoms with E-state index in [1.165, 1.54) is 0 Å². The molecule has 0 aliphatic heterocycles. The highest BCUT2D eigenvalue weighted by atomic mass is 31.1. The van der Waals surface area contributed by atoms with Crippen LogP contribution in [0.25, 0.3) is 0 Å². The van der Waals surface area contributed by atoms with Gasteiger partial charge in [-0.05, 0) is 25.7 Å². The number of unbranched alkanes of at least 4 members (excludes halogenated alkanes) is 4. The van der Waals surface area contributed by atoms with Crippen LogP contribution in [-0.2, 0) is 13.6 Å². The number of aliphatic hydroxyl groups is 2. The lowest BCUT2D eigenvalue weighted by molar-refractivity contribution is -0.184. The van der Waals surface area contributed by atoms with Crippen LogP contribution >= 0.6 is 8.25 Å². The highest BCUT2D eigenvalue weighted by molar-refractivity contribution is 7.33. The summed E-state index contributed by atoms with van der Waals surface area (Å²) in [5, 5.41) is 21.3. The Kier molecular flexibility index (Phi) is 13.3. The van der Waals surface area contributed by atoms with Crippen LogP contribution in [-0.4, -0.2) is 21.8 Å². The van der Waals surface area contributed by atoms with Gasteiger partial charge in [0.1, 0.15) is 0 Å². The van der Waals surface area contributed by atoms with E-state index in [2.05, 4.69) is 0 Å². The minimum Gasteiger partial charge on any atom is -0.365 e. The average molecular weight is 366 g/mol. The molecular formula is C18H39O5P. The van der Waals surface area contributed by atoms with Gasteiger partial charge in [-0.15, -0.1) is 0 Å². The Balaban J connectivity index is 4.78. The fourth-order valence-corrected chi connectivity index (χ4v) is 3.67. The molecule has 0 aliphatic rings. The van der Waals surface area contributed by atoms with Gasteiger partial charge in [0.2, 0.25) is 0 Å². The van der Waals surface area contributed by atoms with E-state index in [1.54, 1.807) is 0 Å². The molecule has 0 saturated carbocycles. The molecule has 0 radical (unpaired) electrons. The minimum atomic E-state index is -2.97. The van der Waals surface area contributed by atoms with E-state index in [0.717, 1.165) is 51.4 Å². The second-order valence-electron chi connectivity index (χ2n) is 6.76. The lowest BCUT2D eigenvalue weighted by Gasteiger charge is -2.32. The number of hydrogen-bond acceptors (Lipinski definition) is 5. The van der Waals surface area contributed by atoms with Crippen molar-refractivity contribution in [2.24, 2.45) is 0 Å². The van der Waals surface area contributed by atoms with Gasteiger partial charge in [-0.3, -0.25) is 13.6 Å². The van der Waals surface area contributed by atoms with Crippen molar-refractivity contribution in [3.63, 3.8) is 0 Å². The minimum absolute atomic E-state index is 0.436. The summed E-state index contributed by atoms with van der Waals surface area (Å²) in [6.45, 7) is 8.14. The molecular weight excluding hydrogens is 327 g/mol. The van der Waals surface area contributed by atoms with Crippen LogP contribution in [0.1, 0.15) is 105 Å². The fourth-order valence-electron chi connectivity index (χ4n) is 2.60. The molecule has 0 atom stereocenters. The number of rotatable bonds is 16. The van der Waals surface area contributed by atoms with Gasteiger partial charge in [0.25, 0.3) is 0 Å². The van der Waals surface area contributed by atoms with Gasteiger partial charge in [-0.2, -0.15) is 0 Å². The Labute approximate surface area is 149 Å². The summed E-state index contributed by atoms with van der Waals surface area (Å²) in [4.78, 5) is 0. The smallest absolute Gasteiger partial charge is 0.324 e. The lowest BCUT2D eigenvalue weighted by atomic mass is 10.0. The van der Waals surface area contributed by atoms with Crippen LogP contribution in [0.2, 0.25) is 0 Å². The molecule has 2 N–H and O–H groups in total. The SMILES string of the molecule is CCCCC(O)(CCCC)O[PH](=O)OC(O)(CCCC)CCCC. The first-order chi connectivity index (χ1) is 11.3. The first-order valence-electron chi connectivity index (χ1n) is 9.71. The van der Waals surface area contributed by atoms with E-state index >= 15 is 0 Å². The van der Waals surface area contributed by atoms with Crippen molar-refractivity contribution in [2.45, 2.75) is 116 Å². The predicted molar refractivity (Wildman–Crippen MR) is 99.2 cm³/mol. The van der Waals surface area contributed by atoms with E-state index in [9.17, 15) is 14.8 Å². The van der Waals surface area contributed by atoms with Crippen LogP contribution in [0.4, 0.5) is 0 Å². The third kappa shape index (κ3) is 10.8. The standard InChI is InChI=1S/C18H39O5P/c1-5-9-13-17(19,14-10-6-2)22-24(21)23-18(20,15-11-7-3)16-12-8-4/h19-20,24H,5-16H2,1-4H3. The Morgan fingerprint density at radius 3 is 1.12 bits per heavy atom. The van der Waals surface area contributed by atoms with Crippen molar-refractivity contribution in [3.8, 4) is 0 Å². The molecule has 0 spiro atoms. The molecule has 0 aromatic carbocycles. The fraction of sp³-hybridized carbons (Fsp3) is 1.00. The van der Waals surface area contributed by atoms with Crippen LogP contribution in [0.15, 0.2) is 0 Å². The second-order valence-corrected chi connectivity index (χ2v) is 7.67. The Bertz CT molecular complexity index is 289. The molecule has 0 bridgehead atoms.